The van der Waals surface area contributed by atoms with E-state index in [0.29, 0.717) is 22.0 Å². The number of amides is 2. The molecule has 1 aliphatic rings. The molecule has 3 N–H and O–H groups in total. The van der Waals surface area contributed by atoms with Gasteiger partial charge in [-0.2, -0.15) is 0 Å². The van der Waals surface area contributed by atoms with Crippen LogP contribution in [-0.2, 0) is 0 Å². The Balaban J connectivity index is 1.91. The number of carbonyl (C=O) groups excluding carboxylic acids is 2. The predicted octanol–water partition coefficient (Wildman–Crippen LogP) is 3.08. The largest absolute Gasteiger partial charge is 0.370 e. The van der Waals surface area contributed by atoms with Crippen molar-refractivity contribution in [2.45, 2.75) is 19.3 Å². The molecule has 0 saturated carbocycles. The minimum atomic E-state index is -0.533. The van der Waals surface area contributed by atoms with Crippen molar-refractivity contribution in [2.24, 2.45) is 5.73 Å². The molecule has 1 aliphatic heterocycles. The number of benzene rings is 1. The zero-order valence-corrected chi connectivity index (χ0v) is 14.4. The van der Waals surface area contributed by atoms with Crippen LogP contribution in [0.1, 0.15) is 40.0 Å². The number of pyridine rings is 1. The maximum absolute atomic E-state index is 12.5. The first-order valence-corrected chi connectivity index (χ1v) is 8.54. The van der Waals surface area contributed by atoms with E-state index in [9.17, 15) is 9.59 Å². The van der Waals surface area contributed by atoms with Crippen LogP contribution in [0.5, 0.6) is 0 Å². The maximum Gasteiger partial charge on any atom is 0.257 e. The van der Waals surface area contributed by atoms with Crippen LogP contribution in [-0.4, -0.2) is 29.9 Å². The van der Waals surface area contributed by atoms with Crippen LogP contribution in [0.3, 0.4) is 0 Å². The molecule has 25 heavy (non-hydrogen) atoms. The molecule has 7 heteroatoms. The fourth-order valence-electron chi connectivity index (χ4n) is 2.90. The number of hydrogen-bond acceptors (Lipinski definition) is 4. The van der Waals surface area contributed by atoms with Crippen molar-refractivity contribution < 1.29 is 9.59 Å². The van der Waals surface area contributed by atoms with E-state index in [2.05, 4.69) is 15.2 Å². The highest BCUT2D eigenvalue weighted by Crippen LogP contribution is 2.30. The second-order valence-corrected chi connectivity index (χ2v) is 6.35. The summed E-state index contributed by atoms with van der Waals surface area (Å²) in [7, 11) is 0. The van der Waals surface area contributed by atoms with Gasteiger partial charge in [0.05, 0.1) is 16.9 Å². The lowest BCUT2D eigenvalue weighted by Gasteiger charge is -2.30. The second-order valence-electron chi connectivity index (χ2n) is 5.97. The minimum Gasteiger partial charge on any atom is -0.370 e. The van der Waals surface area contributed by atoms with Crippen LogP contribution in [0.25, 0.3) is 0 Å². The molecule has 0 spiro atoms. The van der Waals surface area contributed by atoms with E-state index in [1.165, 1.54) is 12.6 Å². The molecule has 3 rings (SSSR count). The molecule has 6 nitrogen and oxygen atoms in total. The zero-order chi connectivity index (χ0) is 17.8. The molecule has 2 heterocycles. The van der Waals surface area contributed by atoms with Crippen molar-refractivity contribution in [1.82, 2.24) is 4.98 Å². The van der Waals surface area contributed by atoms with Crippen molar-refractivity contribution in [2.75, 3.05) is 23.3 Å². The predicted molar refractivity (Wildman–Crippen MR) is 98.2 cm³/mol. The number of anilines is 2. The number of primary amides is 1. The summed E-state index contributed by atoms with van der Waals surface area (Å²) in [5, 5.41) is 3.19. The average molecular weight is 359 g/mol. The molecule has 1 fully saturated rings. The second kappa shape index (κ2) is 7.53. The third-order valence-corrected chi connectivity index (χ3v) is 4.44. The molecule has 0 unspecified atom stereocenters. The highest BCUT2D eigenvalue weighted by Gasteiger charge is 2.18. The van der Waals surface area contributed by atoms with Gasteiger partial charge in [0.1, 0.15) is 5.15 Å². The SMILES string of the molecule is NC(=O)c1ccc(N2CCCCC2)c(NC(=O)c2ccc(Cl)nc2)c1. The third kappa shape index (κ3) is 4.09. The van der Waals surface area contributed by atoms with Gasteiger partial charge >= 0.3 is 0 Å². The van der Waals surface area contributed by atoms with Crippen molar-refractivity contribution in [3.63, 3.8) is 0 Å². The Hall–Kier alpha value is -2.60. The summed E-state index contributed by atoms with van der Waals surface area (Å²) in [6, 6.07) is 8.30. The molecule has 130 valence electrons. The first kappa shape index (κ1) is 17.2. The van der Waals surface area contributed by atoms with Crippen LogP contribution in [0.2, 0.25) is 5.15 Å². The molecule has 0 atom stereocenters. The quantitative estimate of drug-likeness (QED) is 0.822. The van der Waals surface area contributed by atoms with Crippen molar-refractivity contribution in [3.05, 3.63) is 52.8 Å². The third-order valence-electron chi connectivity index (χ3n) is 4.22. The zero-order valence-electron chi connectivity index (χ0n) is 13.7. The van der Waals surface area contributed by atoms with Crippen LogP contribution in [0, 0.1) is 0 Å². The van der Waals surface area contributed by atoms with E-state index in [1.807, 2.05) is 6.07 Å². The Morgan fingerprint density at radius 1 is 1.08 bits per heavy atom. The first-order chi connectivity index (χ1) is 12.0. The lowest BCUT2D eigenvalue weighted by atomic mass is 10.1. The fraction of sp³-hybridized carbons (Fsp3) is 0.278. The monoisotopic (exact) mass is 358 g/mol. The fourth-order valence-corrected chi connectivity index (χ4v) is 3.02. The minimum absolute atomic E-state index is 0.316. The van der Waals surface area contributed by atoms with Crippen molar-refractivity contribution in [3.8, 4) is 0 Å². The number of nitrogens with two attached hydrogens (primary N) is 1. The Morgan fingerprint density at radius 2 is 1.80 bits per heavy atom. The van der Waals surface area contributed by atoms with E-state index in [1.54, 1.807) is 24.3 Å². The molecule has 0 radical (unpaired) electrons. The van der Waals surface area contributed by atoms with Crippen LogP contribution < -0.4 is 16.0 Å². The number of aromatic nitrogens is 1. The highest BCUT2D eigenvalue weighted by molar-refractivity contribution is 6.29. The Morgan fingerprint density at radius 3 is 2.44 bits per heavy atom. The Bertz CT molecular complexity index is 786. The number of rotatable bonds is 4. The number of hydrogen-bond donors (Lipinski definition) is 2. The Labute approximate surface area is 151 Å². The van der Waals surface area contributed by atoms with E-state index >= 15 is 0 Å². The van der Waals surface area contributed by atoms with Gasteiger partial charge in [0.2, 0.25) is 5.91 Å². The van der Waals surface area contributed by atoms with Crippen LogP contribution in [0.4, 0.5) is 11.4 Å². The average Bonchev–Trinajstić information content (AvgIpc) is 2.63. The summed E-state index contributed by atoms with van der Waals surface area (Å²) in [6.45, 7) is 1.84. The summed E-state index contributed by atoms with van der Waals surface area (Å²) >= 11 is 5.76. The molecule has 2 aromatic rings. The molecule has 0 aliphatic carbocycles. The van der Waals surface area contributed by atoms with Gasteiger partial charge in [0.25, 0.3) is 5.91 Å². The van der Waals surface area contributed by atoms with Crippen molar-refractivity contribution >= 4 is 34.8 Å². The van der Waals surface area contributed by atoms with Gasteiger partial charge in [-0.15, -0.1) is 0 Å². The van der Waals surface area contributed by atoms with Gasteiger partial charge < -0.3 is 16.0 Å². The van der Waals surface area contributed by atoms with E-state index in [4.69, 9.17) is 17.3 Å². The first-order valence-electron chi connectivity index (χ1n) is 8.16. The molecule has 1 saturated heterocycles. The molecule has 1 aromatic carbocycles. The topological polar surface area (TPSA) is 88.3 Å². The highest BCUT2D eigenvalue weighted by atomic mass is 35.5. The summed E-state index contributed by atoms with van der Waals surface area (Å²) in [4.78, 5) is 30.2. The van der Waals surface area contributed by atoms with Gasteiger partial charge in [0, 0.05) is 24.8 Å². The molecular weight excluding hydrogens is 340 g/mol. The number of piperidine rings is 1. The van der Waals surface area contributed by atoms with Gasteiger partial charge in [0.15, 0.2) is 0 Å². The summed E-state index contributed by atoms with van der Waals surface area (Å²) in [5.74, 6) is -0.849. The van der Waals surface area contributed by atoms with E-state index in [0.717, 1.165) is 31.6 Å². The van der Waals surface area contributed by atoms with Crippen molar-refractivity contribution in [1.29, 1.82) is 0 Å². The number of carbonyl (C=O) groups is 2. The van der Waals surface area contributed by atoms with Crippen LogP contribution in [0.15, 0.2) is 36.5 Å². The molecular formula is C18H19ClN4O2. The summed E-state index contributed by atoms with van der Waals surface area (Å²) < 4.78 is 0. The standard InChI is InChI=1S/C18H19ClN4O2/c19-16-7-5-13(11-21-16)18(25)22-14-10-12(17(20)24)4-6-15(14)23-8-2-1-3-9-23/h4-7,10-11H,1-3,8-9H2,(H2,20,24)(H,22,25). The molecule has 2 amide bonds. The van der Waals surface area contributed by atoms with Gasteiger partial charge in [-0.3, -0.25) is 9.59 Å². The van der Waals surface area contributed by atoms with E-state index < -0.39 is 5.91 Å². The Kier molecular flexibility index (Phi) is 5.19. The lowest BCUT2D eigenvalue weighted by molar-refractivity contribution is 0.0996. The lowest BCUT2D eigenvalue weighted by Crippen LogP contribution is -2.30. The van der Waals surface area contributed by atoms with Crippen LogP contribution >= 0.6 is 11.6 Å². The molecule has 1 aromatic heterocycles. The summed E-state index contributed by atoms with van der Waals surface area (Å²) in [6.07, 6.45) is 4.82. The summed E-state index contributed by atoms with van der Waals surface area (Å²) in [5.41, 5.74) is 7.58. The van der Waals surface area contributed by atoms with E-state index in [-0.39, 0.29) is 5.91 Å². The van der Waals surface area contributed by atoms with Gasteiger partial charge in [-0.05, 0) is 49.6 Å². The molecule has 0 bridgehead atoms. The number of nitrogens with zero attached hydrogens (tertiary/aromatic N) is 2. The maximum atomic E-state index is 12.5. The smallest absolute Gasteiger partial charge is 0.257 e. The van der Waals surface area contributed by atoms with Gasteiger partial charge in [-0.1, -0.05) is 11.6 Å². The van der Waals surface area contributed by atoms with Gasteiger partial charge in [-0.25, -0.2) is 4.98 Å². The number of nitrogens with one attached hydrogen (secondary N) is 1. The number of halogens is 1. The normalized spacial score (nSPS) is 14.2.